The van der Waals surface area contributed by atoms with Crippen LogP contribution in [-0.2, 0) is 15.7 Å². The van der Waals surface area contributed by atoms with Crippen molar-refractivity contribution in [1.29, 1.82) is 0 Å². The van der Waals surface area contributed by atoms with E-state index in [1.807, 2.05) is 0 Å². The zero-order chi connectivity index (χ0) is 19.3. The van der Waals surface area contributed by atoms with E-state index in [0.29, 0.717) is 17.0 Å². The predicted molar refractivity (Wildman–Crippen MR) is 88.1 cm³/mol. The summed E-state index contributed by atoms with van der Waals surface area (Å²) in [6.45, 7) is 1.37. The summed E-state index contributed by atoms with van der Waals surface area (Å²) in [7, 11) is 1.23. The van der Waals surface area contributed by atoms with Crippen LogP contribution < -0.4 is 10.1 Å². The predicted octanol–water partition coefficient (Wildman–Crippen LogP) is 3.82. The topological polar surface area (TPSA) is 64.6 Å². The van der Waals surface area contributed by atoms with Gasteiger partial charge in [-0.3, -0.25) is 4.79 Å². The van der Waals surface area contributed by atoms with Crippen molar-refractivity contribution < 1.29 is 32.2 Å². The van der Waals surface area contributed by atoms with Crippen LogP contribution >= 0.6 is 0 Å². The number of benzene rings is 2. The van der Waals surface area contributed by atoms with E-state index in [1.165, 1.54) is 31.4 Å². The van der Waals surface area contributed by atoms with E-state index in [0.717, 1.165) is 12.1 Å². The molecule has 0 radical (unpaired) electrons. The highest BCUT2D eigenvalue weighted by Gasteiger charge is 2.34. The van der Waals surface area contributed by atoms with Gasteiger partial charge in [-0.05, 0) is 42.8 Å². The molecule has 0 aliphatic heterocycles. The van der Waals surface area contributed by atoms with Crippen LogP contribution in [0.4, 0.5) is 18.9 Å². The number of carbonyl (C=O) groups is 2. The highest BCUT2D eigenvalue weighted by Crippen LogP contribution is 2.32. The summed E-state index contributed by atoms with van der Waals surface area (Å²) >= 11 is 0. The Morgan fingerprint density at radius 1 is 1.12 bits per heavy atom. The largest absolute Gasteiger partial charge is 0.482 e. The molecule has 138 valence electrons. The summed E-state index contributed by atoms with van der Waals surface area (Å²) in [4.78, 5) is 23.3. The summed E-state index contributed by atoms with van der Waals surface area (Å²) in [5, 5.41) is 2.46. The van der Waals surface area contributed by atoms with Crippen molar-refractivity contribution in [3.05, 3.63) is 59.2 Å². The molecule has 0 atom stereocenters. The monoisotopic (exact) mass is 367 g/mol. The number of methoxy groups -OCH3 is 1. The van der Waals surface area contributed by atoms with E-state index in [-0.39, 0.29) is 6.61 Å². The lowest BCUT2D eigenvalue weighted by Gasteiger charge is -2.14. The van der Waals surface area contributed by atoms with Gasteiger partial charge in [0.1, 0.15) is 5.75 Å². The minimum absolute atomic E-state index is 0.277. The molecule has 2 aromatic rings. The minimum atomic E-state index is -4.63. The van der Waals surface area contributed by atoms with Crippen molar-refractivity contribution in [2.24, 2.45) is 0 Å². The van der Waals surface area contributed by atoms with Gasteiger partial charge in [0.25, 0.3) is 5.91 Å². The van der Waals surface area contributed by atoms with Gasteiger partial charge in [-0.2, -0.15) is 13.2 Å². The molecule has 0 aromatic heterocycles. The molecule has 0 aliphatic rings. The maximum Gasteiger partial charge on any atom is 0.417 e. The number of carbonyl (C=O) groups excluding carboxylic acids is 2. The Morgan fingerprint density at radius 3 is 2.42 bits per heavy atom. The number of anilines is 1. The van der Waals surface area contributed by atoms with Crippen LogP contribution in [-0.4, -0.2) is 25.6 Å². The zero-order valence-electron chi connectivity index (χ0n) is 14.0. The maximum absolute atomic E-state index is 13.0. The smallest absolute Gasteiger partial charge is 0.417 e. The maximum atomic E-state index is 13.0. The van der Waals surface area contributed by atoms with Crippen molar-refractivity contribution in [3.63, 3.8) is 0 Å². The number of hydrogen-bond acceptors (Lipinski definition) is 4. The second-order valence-corrected chi connectivity index (χ2v) is 5.34. The van der Waals surface area contributed by atoms with Gasteiger partial charge in [-0.25, -0.2) is 4.79 Å². The molecule has 26 heavy (non-hydrogen) atoms. The van der Waals surface area contributed by atoms with Crippen molar-refractivity contribution >= 4 is 17.6 Å². The van der Waals surface area contributed by atoms with E-state index in [9.17, 15) is 22.8 Å². The molecule has 5 nitrogen and oxygen atoms in total. The number of ether oxygens (including phenoxy) is 2. The molecule has 2 rings (SSSR count). The first kappa shape index (κ1) is 19.3. The number of alkyl halides is 3. The first-order valence-electron chi connectivity index (χ1n) is 7.50. The highest BCUT2D eigenvalue weighted by atomic mass is 19.4. The lowest BCUT2D eigenvalue weighted by molar-refractivity contribution is -0.143. The van der Waals surface area contributed by atoms with Crippen molar-refractivity contribution in [2.45, 2.75) is 13.1 Å². The third-order valence-corrected chi connectivity index (χ3v) is 3.51. The van der Waals surface area contributed by atoms with E-state index in [4.69, 9.17) is 4.74 Å². The molecule has 2 aromatic carbocycles. The Kier molecular flexibility index (Phi) is 5.86. The molecule has 1 amide bonds. The fraction of sp³-hybridized carbons (Fsp3) is 0.222. The molecule has 1 N–H and O–H groups in total. The average Bonchev–Trinajstić information content (AvgIpc) is 2.60. The number of amides is 1. The van der Waals surface area contributed by atoms with E-state index >= 15 is 0 Å². The molecule has 0 bridgehead atoms. The Hall–Kier alpha value is -3.03. The molecule has 8 heteroatoms. The Morgan fingerprint density at radius 2 is 1.81 bits per heavy atom. The van der Waals surface area contributed by atoms with Gasteiger partial charge in [0, 0.05) is 5.69 Å². The SMILES string of the molecule is COC(=O)COc1ccc(NC(=O)c2ccccc2C(F)(F)F)c(C)c1. The highest BCUT2D eigenvalue weighted by molar-refractivity contribution is 6.05. The van der Waals surface area contributed by atoms with Gasteiger partial charge in [-0.1, -0.05) is 12.1 Å². The van der Waals surface area contributed by atoms with Gasteiger partial charge < -0.3 is 14.8 Å². The molecule has 0 unspecified atom stereocenters. The van der Waals surface area contributed by atoms with Crippen molar-refractivity contribution in [3.8, 4) is 5.75 Å². The van der Waals surface area contributed by atoms with Gasteiger partial charge in [0.05, 0.1) is 18.2 Å². The van der Waals surface area contributed by atoms with Crippen molar-refractivity contribution in [1.82, 2.24) is 0 Å². The first-order chi connectivity index (χ1) is 12.2. The minimum Gasteiger partial charge on any atom is -0.482 e. The number of aryl methyl sites for hydroxylation is 1. The average molecular weight is 367 g/mol. The van der Waals surface area contributed by atoms with Crippen molar-refractivity contribution in [2.75, 3.05) is 19.0 Å². The summed E-state index contributed by atoms with van der Waals surface area (Å²) in [5.74, 6) is -1.06. The van der Waals surface area contributed by atoms with Gasteiger partial charge in [0.15, 0.2) is 6.61 Å². The molecular weight excluding hydrogens is 351 g/mol. The van der Waals surface area contributed by atoms with E-state index in [2.05, 4.69) is 10.1 Å². The second-order valence-electron chi connectivity index (χ2n) is 5.34. The summed E-state index contributed by atoms with van der Waals surface area (Å²) in [6.07, 6.45) is -4.63. The number of esters is 1. The van der Waals surface area contributed by atoms with Gasteiger partial charge in [0.2, 0.25) is 0 Å². The Labute approximate surface area is 147 Å². The summed E-state index contributed by atoms with van der Waals surface area (Å²) in [5.41, 5.74) is -0.582. The molecule has 0 heterocycles. The molecule has 0 fully saturated rings. The van der Waals surface area contributed by atoms with E-state index < -0.39 is 29.2 Å². The molecule has 0 saturated heterocycles. The van der Waals surface area contributed by atoms with Gasteiger partial charge in [-0.15, -0.1) is 0 Å². The fourth-order valence-corrected chi connectivity index (χ4v) is 2.19. The quantitative estimate of drug-likeness (QED) is 0.816. The van der Waals surface area contributed by atoms with Crippen LogP contribution in [0.25, 0.3) is 0 Å². The molecule has 0 aliphatic carbocycles. The van der Waals surface area contributed by atoms with Crippen LogP contribution in [0, 0.1) is 6.92 Å². The molecule has 0 saturated carbocycles. The lowest BCUT2D eigenvalue weighted by atomic mass is 10.1. The van der Waals surface area contributed by atoms with E-state index in [1.54, 1.807) is 13.0 Å². The van der Waals surface area contributed by atoms with Gasteiger partial charge >= 0.3 is 12.1 Å². The lowest BCUT2D eigenvalue weighted by Crippen LogP contribution is -2.19. The second kappa shape index (κ2) is 7.90. The van der Waals surface area contributed by atoms with Crippen LogP contribution in [0.5, 0.6) is 5.75 Å². The third kappa shape index (κ3) is 4.75. The summed E-state index contributed by atoms with van der Waals surface area (Å²) in [6, 6.07) is 9.07. The van der Waals surface area contributed by atoms with Crippen LogP contribution in [0.1, 0.15) is 21.5 Å². The molecule has 0 spiro atoms. The Bertz CT molecular complexity index is 818. The first-order valence-corrected chi connectivity index (χ1v) is 7.50. The third-order valence-electron chi connectivity index (χ3n) is 3.51. The van der Waals surface area contributed by atoms with Crippen LogP contribution in [0.15, 0.2) is 42.5 Å². The molecular formula is C18H16F3NO4. The standard InChI is InChI=1S/C18H16F3NO4/c1-11-9-12(26-10-16(23)25-2)7-8-15(11)22-17(24)13-5-3-4-6-14(13)18(19,20)21/h3-9H,10H2,1-2H3,(H,22,24). The zero-order valence-corrected chi connectivity index (χ0v) is 14.0. The van der Waals surface area contributed by atoms with Crippen LogP contribution in [0.2, 0.25) is 0 Å². The number of nitrogens with one attached hydrogen (secondary N) is 1. The Balaban J connectivity index is 2.17. The number of rotatable bonds is 5. The summed E-state index contributed by atoms with van der Waals surface area (Å²) < 4.78 is 48.7. The number of hydrogen-bond donors (Lipinski definition) is 1. The number of halogens is 3. The normalized spacial score (nSPS) is 11.0. The van der Waals surface area contributed by atoms with Crippen LogP contribution in [0.3, 0.4) is 0 Å². The fourth-order valence-electron chi connectivity index (χ4n) is 2.19.